The number of ether oxygens (including phenoxy) is 1. The molecule has 0 fully saturated rings. The number of benzene rings is 2. The van der Waals surface area contributed by atoms with E-state index in [1.165, 1.54) is 61.0 Å². The second-order valence-corrected chi connectivity index (χ2v) is 11.1. The first-order chi connectivity index (χ1) is 18.3. The van der Waals surface area contributed by atoms with Crippen molar-refractivity contribution in [3.05, 3.63) is 46.2 Å². The number of carbonyl (C=O) groups excluding carboxylic acids is 3. The Labute approximate surface area is 230 Å². The first-order valence-electron chi connectivity index (χ1n) is 11.6. The Hall–Kier alpha value is -4.16. The fraction of sp³-hybridized carbons (Fsp3) is 0.259. The van der Waals surface area contributed by atoms with Gasteiger partial charge in [0.15, 0.2) is 34.6 Å². The maximum absolute atomic E-state index is 12.1. The molecular formula is C27H26O10S2. The van der Waals surface area contributed by atoms with Crippen LogP contribution in [-0.2, 0) is 14.3 Å². The van der Waals surface area contributed by atoms with E-state index in [0.717, 1.165) is 0 Å². The summed E-state index contributed by atoms with van der Waals surface area (Å²) in [6, 6.07) is 8.81. The van der Waals surface area contributed by atoms with Crippen LogP contribution in [0, 0.1) is 11.8 Å². The van der Waals surface area contributed by atoms with Gasteiger partial charge in [0, 0.05) is 34.4 Å². The maximum Gasteiger partial charge on any atom is 0.308 e. The lowest BCUT2D eigenvalue weighted by molar-refractivity contribution is -0.144. The van der Waals surface area contributed by atoms with Crippen LogP contribution < -0.4 is 0 Å². The van der Waals surface area contributed by atoms with Crippen molar-refractivity contribution in [3.63, 3.8) is 0 Å². The number of esters is 1. The molecule has 39 heavy (non-hydrogen) atoms. The number of carboxylic acid groups (broad SMARTS) is 1. The Kier molecular flexibility index (Phi) is 9.15. The van der Waals surface area contributed by atoms with Crippen LogP contribution in [0.5, 0.6) is 23.0 Å². The van der Waals surface area contributed by atoms with Gasteiger partial charge in [0.05, 0.1) is 28.7 Å². The molecule has 0 saturated heterocycles. The predicted molar refractivity (Wildman–Crippen MR) is 146 cm³/mol. The molecule has 0 aliphatic rings. The fourth-order valence-electron chi connectivity index (χ4n) is 3.53. The van der Waals surface area contributed by atoms with Gasteiger partial charge in [0.1, 0.15) is 0 Å². The molecule has 4 aromatic rings. The van der Waals surface area contributed by atoms with E-state index in [4.69, 9.17) is 5.11 Å². The lowest BCUT2D eigenvalue weighted by Crippen LogP contribution is -2.16. The first kappa shape index (κ1) is 29.4. The number of carbonyl (C=O) groups is 4. The molecule has 2 heterocycles. The van der Waals surface area contributed by atoms with Crippen molar-refractivity contribution < 1.29 is 49.4 Å². The molecule has 12 heteroatoms. The zero-order valence-corrected chi connectivity index (χ0v) is 22.8. The van der Waals surface area contributed by atoms with Crippen molar-refractivity contribution in [1.29, 1.82) is 0 Å². The van der Waals surface area contributed by atoms with Crippen LogP contribution in [-0.4, -0.2) is 56.1 Å². The van der Waals surface area contributed by atoms with Crippen molar-refractivity contribution in [2.24, 2.45) is 11.8 Å². The minimum Gasteiger partial charge on any atom is -0.504 e. The number of methoxy groups -OCH3 is 1. The third-order valence-electron chi connectivity index (χ3n) is 5.78. The topological polar surface area (TPSA) is 179 Å². The lowest BCUT2D eigenvalue weighted by atomic mass is 10.0. The molecule has 5 N–H and O–H groups in total. The van der Waals surface area contributed by atoms with Gasteiger partial charge in [-0.1, -0.05) is 13.8 Å². The summed E-state index contributed by atoms with van der Waals surface area (Å²) in [5, 5.41) is 47.7. The van der Waals surface area contributed by atoms with E-state index in [0.29, 0.717) is 29.9 Å². The largest absolute Gasteiger partial charge is 0.504 e. The molecule has 0 unspecified atom stereocenters. The van der Waals surface area contributed by atoms with Gasteiger partial charge in [-0.2, -0.15) is 0 Å². The van der Waals surface area contributed by atoms with E-state index in [1.807, 2.05) is 0 Å². The van der Waals surface area contributed by atoms with Crippen LogP contribution in [0.2, 0.25) is 0 Å². The number of phenolic OH excluding ortho intramolecular Hbond substituents is 4. The molecule has 0 aliphatic carbocycles. The smallest absolute Gasteiger partial charge is 0.308 e. The summed E-state index contributed by atoms with van der Waals surface area (Å²) in [6.45, 7) is 3.11. The molecule has 2 aromatic heterocycles. The molecular weight excluding hydrogens is 548 g/mol. The van der Waals surface area contributed by atoms with Crippen molar-refractivity contribution in [2.75, 3.05) is 7.11 Å². The third-order valence-corrected chi connectivity index (χ3v) is 8.06. The van der Waals surface area contributed by atoms with E-state index < -0.39 is 23.8 Å². The van der Waals surface area contributed by atoms with Crippen LogP contribution in [0.1, 0.15) is 46.0 Å². The van der Waals surface area contributed by atoms with Crippen LogP contribution in [0.25, 0.3) is 20.2 Å². The van der Waals surface area contributed by atoms with Crippen LogP contribution in [0.3, 0.4) is 0 Å². The van der Waals surface area contributed by atoms with Crippen molar-refractivity contribution in [2.45, 2.75) is 26.7 Å². The minimum absolute atomic E-state index is 0.0669. The van der Waals surface area contributed by atoms with Crippen molar-refractivity contribution in [3.8, 4) is 23.0 Å². The zero-order chi connectivity index (χ0) is 29.0. The quantitative estimate of drug-likeness (QED) is 0.105. The molecule has 206 valence electrons. The van der Waals surface area contributed by atoms with E-state index >= 15 is 0 Å². The molecule has 0 amide bonds. The Bertz CT molecular complexity index is 1490. The number of aliphatic carboxylic acids is 1. The number of thiophene rings is 2. The standard InChI is InChI=1S/C14H14O5S.C13H12O5S/c1-7(14(18)19-2)3-11(17)13-5-8-4-9(15)10(16)6-12(8)20-13;1-6(13(17)18)2-10(16)12-4-7-3-8(14)9(15)5-11(7)19-12/h4-7,15-16H,3H2,1-2H3;3-6,14-15H,2H2,1H3,(H,17,18)/t7-;6-/m00/s1. The maximum atomic E-state index is 12.1. The number of phenols is 4. The molecule has 0 aliphatic heterocycles. The highest BCUT2D eigenvalue weighted by Gasteiger charge is 2.21. The molecule has 2 atom stereocenters. The van der Waals surface area contributed by atoms with Gasteiger partial charge in [0.25, 0.3) is 0 Å². The summed E-state index contributed by atoms with van der Waals surface area (Å²) < 4.78 is 5.96. The van der Waals surface area contributed by atoms with Gasteiger partial charge in [-0.3, -0.25) is 19.2 Å². The molecule has 10 nitrogen and oxygen atoms in total. The zero-order valence-electron chi connectivity index (χ0n) is 21.1. The summed E-state index contributed by atoms with van der Waals surface area (Å²) in [5.74, 6) is -4.02. The van der Waals surface area contributed by atoms with E-state index in [2.05, 4.69) is 4.74 Å². The minimum atomic E-state index is -1.01. The predicted octanol–water partition coefficient (Wildman–Crippen LogP) is 5.30. The first-order valence-corrected chi connectivity index (χ1v) is 13.2. The Morgan fingerprint density at radius 2 is 1.08 bits per heavy atom. The monoisotopic (exact) mass is 574 g/mol. The third kappa shape index (κ3) is 7.03. The summed E-state index contributed by atoms with van der Waals surface area (Å²) in [6.07, 6.45) is -0.00240. The number of rotatable bonds is 8. The Morgan fingerprint density at radius 3 is 1.46 bits per heavy atom. The van der Waals surface area contributed by atoms with Crippen LogP contribution >= 0.6 is 22.7 Å². The SMILES string of the molecule is COC(=O)[C@@H](C)CC(=O)c1cc2cc(O)c(O)cc2s1.C[C@@H](CC(=O)c1cc2cc(O)c(O)cc2s1)C(=O)O. The number of carboxylic acids is 1. The normalized spacial score (nSPS) is 12.4. The fourth-order valence-corrected chi connectivity index (χ4v) is 5.58. The lowest BCUT2D eigenvalue weighted by Gasteiger charge is -2.06. The molecule has 4 rings (SSSR count). The highest BCUT2D eigenvalue weighted by Crippen LogP contribution is 2.36. The van der Waals surface area contributed by atoms with E-state index in [-0.39, 0.29) is 47.4 Å². The number of ketones is 2. The molecule has 0 bridgehead atoms. The summed E-state index contributed by atoms with van der Waals surface area (Å²) in [7, 11) is 1.29. The van der Waals surface area contributed by atoms with Gasteiger partial charge in [-0.15, -0.1) is 22.7 Å². The molecule has 2 aromatic carbocycles. The number of hydrogen-bond donors (Lipinski definition) is 5. The number of fused-ring (bicyclic) bond motifs is 2. The number of aromatic hydroxyl groups is 4. The number of hydrogen-bond acceptors (Lipinski definition) is 11. The molecule has 0 spiro atoms. The highest BCUT2D eigenvalue weighted by atomic mass is 32.1. The number of Topliss-reactive ketones (excluding diaryl/α,β-unsaturated/α-hetero) is 2. The Balaban J connectivity index is 0.000000216. The molecule has 0 saturated carbocycles. The van der Waals surface area contributed by atoms with E-state index in [9.17, 15) is 39.6 Å². The van der Waals surface area contributed by atoms with Gasteiger partial charge < -0.3 is 30.3 Å². The second-order valence-electron chi connectivity index (χ2n) is 8.90. The average Bonchev–Trinajstić information content (AvgIpc) is 3.48. The second kappa shape index (κ2) is 12.1. The van der Waals surface area contributed by atoms with Crippen LogP contribution in [0.15, 0.2) is 36.4 Å². The summed E-state index contributed by atoms with van der Waals surface area (Å²) in [5.41, 5.74) is 0. The highest BCUT2D eigenvalue weighted by molar-refractivity contribution is 7.21. The van der Waals surface area contributed by atoms with Crippen LogP contribution in [0.4, 0.5) is 0 Å². The van der Waals surface area contributed by atoms with Gasteiger partial charge in [-0.25, -0.2) is 0 Å². The summed E-state index contributed by atoms with van der Waals surface area (Å²) in [4.78, 5) is 46.9. The van der Waals surface area contributed by atoms with Gasteiger partial charge in [-0.05, 0) is 35.0 Å². The average molecular weight is 575 g/mol. The van der Waals surface area contributed by atoms with Crippen molar-refractivity contribution in [1.82, 2.24) is 0 Å². The van der Waals surface area contributed by atoms with Crippen molar-refractivity contribution >= 4 is 66.4 Å². The summed E-state index contributed by atoms with van der Waals surface area (Å²) >= 11 is 2.39. The van der Waals surface area contributed by atoms with Gasteiger partial charge in [0.2, 0.25) is 0 Å². The van der Waals surface area contributed by atoms with Gasteiger partial charge >= 0.3 is 11.9 Å². The van der Waals surface area contributed by atoms with E-state index in [1.54, 1.807) is 19.1 Å². The Morgan fingerprint density at radius 1 is 0.692 bits per heavy atom. The molecule has 0 radical (unpaired) electrons.